The molecule has 0 aliphatic rings. The highest BCUT2D eigenvalue weighted by atomic mass is 32.2. The summed E-state index contributed by atoms with van der Waals surface area (Å²) in [6, 6.07) is 7.01. The number of benzene rings is 1. The summed E-state index contributed by atoms with van der Waals surface area (Å²) in [5.74, 6) is -0.0663. The van der Waals surface area contributed by atoms with E-state index in [1.807, 2.05) is 0 Å². The molecule has 0 bridgehead atoms. The Labute approximate surface area is 109 Å². The second-order valence-corrected chi connectivity index (χ2v) is 6.20. The number of rotatable bonds is 7. The van der Waals surface area contributed by atoms with Crippen LogP contribution in [0.5, 0.6) is 0 Å². The Morgan fingerprint density at radius 2 is 2.00 bits per heavy atom. The molecule has 0 radical (unpaired) electrons. The van der Waals surface area contributed by atoms with Crippen molar-refractivity contribution in [3.63, 3.8) is 0 Å². The molecule has 102 valence electrons. The Morgan fingerprint density at radius 1 is 1.33 bits per heavy atom. The van der Waals surface area contributed by atoms with Crippen molar-refractivity contribution in [3.05, 3.63) is 29.8 Å². The van der Waals surface area contributed by atoms with Crippen LogP contribution in [0.4, 0.5) is 5.69 Å². The van der Waals surface area contributed by atoms with Gasteiger partial charge in [-0.3, -0.25) is 0 Å². The van der Waals surface area contributed by atoms with Crippen LogP contribution in [-0.4, -0.2) is 40.0 Å². The number of para-hydroxylation sites is 1. The van der Waals surface area contributed by atoms with Gasteiger partial charge in [0.1, 0.15) is 0 Å². The predicted octanol–water partition coefficient (Wildman–Crippen LogP) is 1.07. The third-order valence-electron chi connectivity index (χ3n) is 2.69. The topological polar surface area (TPSA) is 72.6 Å². The van der Waals surface area contributed by atoms with E-state index in [9.17, 15) is 8.42 Å². The zero-order valence-electron chi connectivity index (χ0n) is 10.8. The Hall–Kier alpha value is -1.11. The van der Waals surface area contributed by atoms with E-state index < -0.39 is 10.0 Å². The normalized spacial score (nSPS) is 11.9. The molecule has 0 unspecified atom stereocenters. The van der Waals surface area contributed by atoms with Gasteiger partial charge in [0.05, 0.1) is 5.75 Å². The highest BCUT2D eigenvalue weighted by Gasteiger charge is 2.19. The Morgan fingerprint density at radius 3 is 2.61 bits per heavy atom. The molecule has 2 N–H and O–H groups in total. The SMILES string of the molecule is COCCCN(C)S(=O)(=O)Cc1ccccc1N. The zero-order chi connectivity index (χ0) is 13.6. The highest BCUT2D eigenvalue weighted by Crippen LogP contribution is 2.16. The van der Waals surface area contributed by atoms with Crippen molar-refractivity contribution in [2.24, 2.45) is 0 Å². The van der Waals surface area contributed by atoms with Crippen LogP contribution in [0.15, 0.2) is 24.3 Å². The second-order valence-electron chi connectivity index (χ2n) is 4.12. The summed E-state index contributed by atoms with van der Waals surface area (Å²) >= 11 is 0. The number of ether oxygens (including phenoxy) is 1. The van der Waals surface area contributed by atoms with Crippen molar-refractivity contribution in [2.45, 2.75) is 12.2 Å². The van der Waals surface area contributed by atoms with Crippen molar-refractivity contribution in [1.29, 1.82) is 0 Å². The molecule has 0 aliphatic carbocycles. The summed E-state index contributed by atoms with van der Waals surface area (Å²) in [7, 11) is -0.149. The lowest BCUT2D eigenvalue weighted by molar-refractivity contribution is 0.189. The van der Waals surface area contributed by atoms with Crippen LogP contribution in [0, 0.1) is 0 Å². The molecule has 0 saturated heterocycles. The van der Waals surface area contributed by atoms with E-state index in [1.165, 1.54) is 4.31 Å². The van der Waals surface area contributed by atoms with E-state index >= 15 is 0 Å². The third-order valence-corrected chi connectivity index (χ3v) is 4.50. The molecular weight excluding hydrogens is 252 g/mol. The molecule has 0 atom stereocenters. The molecule has 0 aromatic heterocycles. The van der Waals surface area contributed by atoms with Gasteiger partial charge in [0.2, 0.25) is 10.0 Å². The summed E-state index contributed by atoms with van der Waals surface area (Å²) in [6.45, 7) is 0.996. The van der Waals surface area contributed by atoms with Crippen LogP contribution in [-0.2, 0) is 20.5 Å². The van der Waals surface area contributed by atoms with Gasteiger partial charge in [-0.15, -0.1) is 0 Å². The van der Waals surface area contributed by atoms with Gasteiger partial charge < -0.3 is 10.5 Å². The van der Waals surface area contributed by atoms with Gasteiger partial charge in [-0.25, -0.2) is 12.7 Å². The molecule has 1 rings (SSSR count). The zero-order valence-corrected chi connectivity index (χ0v) is 11.6. The summed E-state index contributed by atoms with van der Waals surface area (Å²) in [4.78, 5) is 0. The number of nitrogen functional groups attached to an aromatic ring is 1. The van der Waals surface area contributed by atoms with Crippen LogP contribution in [0.3, 0.4) is 0 Å². The molecule has 0 fully saturated rings. The van der Waals surface area contributed by atoms with Gasteiger partial charge in [0.25, 0.3) is 0 Å². The van der Waals surface area contributed by atoms with Crippen LogP contribution in [0.2, 0.25) is 0 Å². The molecule has 18 heavy (non-hydrogen) atoms. The minimum absolute atomic E-state index is 0.0663. The number of hydrogen-bond donors (Lipinski definition) is 1. The van der Waals surface area contributed by atoms with E-state index in [0.717, 1.165) is 0 Å². The van der Waals surface area contributed by atoms with Crippen molar-refractivity contribution in [2.75, 3.05) is 33.0 Å². The van der Waals surface area contributed by atoms with E-state index in [2.05, 4.69) is 0 Å². The van der Waals surface area contributed by atoms with E-state index in [1.54, 1.807) is 38.4 Å². The largest absolute Gasteiger partial charge is 0.398 e. The van der Waals surface area contributed by atoms with Gasteiger partial charge in [0, 0.05) is 33.0 Å². The van der Waals surface area contributed by atoms with Gasteiger partial charge in [-0.1, -0.05) is 18.2 Å². The molecule has 0 amide bonds. The highest BCUT2D eigenvalue weighted by molar-refractivity contribution is 7.88. The van der Waals surface area contributed by atoms with E-state index in [-0.39, 0.29) is 5.75 Å². The number of methoxy groups -OCH3 is 1. The first-order valence-electron chi connectivity index (χ1n) is 5.73. The van der Waals surface area contributed by atoms with Gasteiger partial charge >= 0.3 is 0 Å². The molecular formula is C12H20N2O3S. The molecule has 0 heterocycles. The molecule has 6 heteroatoms. The quantitative estimate of drug-likeness (QED) is 0.595. The van der Waals surface area contributed by atoms with Crippen molar-refractivity contribution in [1.82, 2.24) is 4.31 Å². The minimum atomic E-state index is -3.32. The van der Waals surface area contributed by atoms with Crippen LogP contribution < -0.4 is 5.73 Å². The van der Waals surface area contributed by atoms with Crippen molar-refractivity contribution in [3.8, 4) is 0 Å². The fourth-order valence-electron chi connectivity index (χ4n) is 1.54. The van der Waals surface area contributed by atoms with Gasteiger partial charge in [-0.2, -0.15) is 0 Å². The molecule has 5 nitrogen and oxygen atoms in total. The number of sulfonamides is 1. The van der Waals surface area contributed by atoms with Crippen LogP contribution >= 0.6 is 0 Å². The lowest BCUT2D eigenvalue weighted by atomic mass is 10.2. The lowest BCUT2D eigenvalue weighted by Crippen LogP contribution is -2.29. The Balaban J connectivity index is 2.67. The second kappa shape index (κ2) is 6.72. The Bertz CT molecular complexity index is 474. The van der Waals surface area contributed by atoms with Crippen molar-refractivity contribution < 1.29 is 13.2 Å². The number of nitrogens with zero attached hydrogens (tertiary/aromatic N) is 1. The number of nitrogens with two attached hydrogens (primary N) is 1. The molecule has 1 aromatic carbocycles. The summed E-state index contributed by atoms with van der Waals surface area (Å²) in [6.07, 6.45) is 0.677. The first-order chi connectivity index (χ1) is 8.47. The average Bonchev–Trinajstić information content (AvgIpc) is 2.32. The van der Waals surface area contributed by atoms with Crippen LogP contribution in [0.25, 0.3) is 0 Å². The molecule has 0 aliphatic heterocycles. The maximum Gasteiger partial charge on any atom is 0.218 e. The lowest BCUT2D eigenvalue weighted by Gasteiger charge is -2.17. The molecule has 0 saturated carbocycles. The summed E-state index contributed by atoms with van der Waals surface area (Å²) in [5.41, 5.74) is 6.89. The van der Waals surface area contributed by atoms with Crippen molar-refractivity contribution >= 4 is 15.7 Å². The number of anilines is 1. The maximum absolute atomic E-state index is 12.1. The average molecular weight is 272 g/mol. The molecule has 0 spiro atoms. The predicted molar refractivity (Wildman–Crippen MR) is 72.6 cm³/mol. The monoisotopic (exact) mass is 272 g/mol. The summed E-state index contributed by atoms with van der Waals surface area (Å²) in [5, 5.41) is 0. The third kappa shape index (κ3) is 4.29. The fourth-order valence-corrected chi connectivity index (χ4v) is 2.83. The maximum atomic E-state index is 12.1. The minimum Gasteiger partial charge on any atom is -0.398 e. The smallest absolute Gasteiger partial charge is 0.218 e. The number of hydrogen-bond acceptors (Lipinski definition) is 4. The van der Waals surface area contributed by atoms with Gasteiger partial charge in [-0.05, 0) is 18.1 Å². The van der Waals surface area contributed by atoms with E-state index in [0.29, 0.717) is 30.8 Å². The summed E-state index contributed by atoms with van der Waals surface area (Å²) < 4.78 is 30.4. The van der Waals surface area contributed by atoms with E-state index in [4.69, 9.17) is 10.5 Å². The first-order valence-corrected chi connectivity index (χ1v) is 7.34. The fraction of sp³-hybridized carbons (Fsp3) is 0.500. The molecule has 1 aromatic rings. The standard InChI is InChI=1S/C12H20N2O3S/c1-14(8-5-9-17-2)18(15,16)10-11-6-3-4-7-12(11)13/h3-4,6-7H,5,8-10,13H2,1-2H3. The Kier molecular flexibility index (Phi) is 5.58. The van der Waals surface area contributed by atoms with Crippen LogP contribution in [0.1, 0.15) is 12.0 Å². The first kappa shape index (κ1) is 14.9. The van der Waals surface area contributed by atoms with Gasteiger partial charge in [0.15, 0.2) is 0 Å².